The molecule has 0 saturated heterocycles. The van der Waals surface area contributed by atoms with Gasteiger partial charge < -0.3 is 4.74 Å². The van der Waals surface area contributed by atoms with Crippen LogP contribution in [0.25, 0.3) is 0 Å². The first kappa shape index (κ1) is 9.71. The molecule has 0 amide bonds. The molecule has 3 heteroatoms. The quantitative estimate of drug-likeness (QED) is 0.658. The van der Waals surface area contributed by atoms with Crippen LogP contribution in [0.4, 0.5) is 0 Å². The van der Waals surface area contributed by atoms with Gasteiger partial charge >= 0.3 is 5.97 Å². The summed E-state index contributed by atoms with van der Waals surface area (Å²) in [6.07, 6.45) is 2.89. The number of aromatic nitrogens is 1. The van der Waals surface area contributed by atoms with Crippen molar-refractivity contribution in [3.8, 4) is 0 Å². The van der Waals surface area contributed by atoms with E-state index in [2.05, 4.69) is 9.72 Å². The van der Waals surface area contributed by atoms with Gasteiger partial charge in [-0.15, -0.1) is 0 Å². The Bertz CT molecular complexity index is 297. The first-order valence-corrected chi connectivity index (χ1v) is 4.27. The van der Waals surface area contributed by atoms with Crippen molar-refractivity contribution in [2.45, 2.75) is 19.8 Å². The highest BCUT2D eigenvalue weighted by Gasteiger charge is 2.06. The fourth-order valence-electron chi connectivity index (χ4n) is 1.18. The monoisotopic (exact) mass is 179 g/mol. The summed E-state index contributed by atoms with van der Waals surface area (Å²) >= 11 is 0. The summed E-state index contributed by atoms with van der Waals surface area (Å²) in [4.78, 5) is 15.2. The largest absolute Gasteiger partial charge is 0.469 e. The van der Waals surface area contributed by atoms with E-state index in [1.165, 1.54) is 7.11 Å². The predicted molar refractivity (Wildman–Crippen MR) is 49.3 cm³/mol. The van der Waals surface area contributed by atoms with Crippen LogP contribution in [0.2, 0.25) is 0 Å². The number of pyridine rings is 1. The molecule has 1 rings (SSSR count). The van der Waals surface area contributed by atoms with E-state index < -0.39 is 0 Å². The van der Waals surface area contributed by atoms with E-state index in [1.54, 1.807) is 6.20 Å². The van der Waals surface area contributed by atoms with Crippen molar-refractivity contribution >= 4 is 5.97 Å². The van der Waals surface area contributed by atoms with Gasteiger partial charge in [-0.2, -0.15) is 0 Å². The average molecular weight is 179 g/mol. The molecule has 0 radical (unpaired) electrons. The number of aryl methyl sites for hydroxylation is 1. The Balaban J connectivity index is 2.81. The lowest BCUT2D eigenvalue weighted by Gasteiger charge is -2.04. The fraction of sp³-hybridized carbons (Fsp3) is 0.400. The summed E-state index contributed by atoms with van der Waals surface area (Å²) in [7, 11) is 1.39. The average Bonchev–Trinajstić information content (AvgIpc) is 2.18. The third-order valence-electron chi connectivity index (χ3n) is 1.88. The minimum atomic E-state index is -0.220. The maximum absolute atomic E-state index is 11.0. The smallest absolute Gasteiger partial charge is 0.310 e. The van der Waals surface area contributed by atoms with Crippen LogP contribution in [-0.2, 0) is 22.4 Å². The molecule has 0 saturated carbocycles. The van der Waals surface area contributed by atoms with Crippen LogP contribution in [0.15, 0.2) is 18.3 Å². The summed E-state index contributed by atoms with van der Waals surface area (Å²) < 4.78 is 4.59. The molecule has 13 heavy (non-hydrogen) atoms. The van der Waals surface area contributed by atoms with Crippen molar-refractivity contribution in [1.29, 1.82) is 0 Å². The molecule has 3 nitrogen and oxygen atoms in total. The fourth-order valence-corrected chi connectivity index (χ4v) is 1.18. The number of carbonyl (C=O) groups is 1. The third-order valence-corrected chi connectivity index (χ3v) is 1.88. The van der Waals surface area contributed by atoms with E-state index in [0.717, 1.165) is 17.7 Å². The minimum absolute atomic E-state index is 0.220. The summed E-state index contributed by atoms with van der Waals surface area (Å²) in [5, 5.41) is 0. The van der Waals surface area contributed by atoms with Gasteiger partial charge in [0.15, 0.2) is 0 Å². The Morgan fingerprint density at radius 2 is 2.38 bits per heavy atom. The van der Waals surface area contributed by atoms with E-state index >= 15 is 0 Å². The molecule has 0 aliphatic carbocycles. The number of nitrogens with zero attached hydrogens (tertiary/aromatic N) is 1. The van der Waals surface area contributed by atoms with Crippen LogP contribution in [0.1, 0.15) is 18.2 Å². The summed E-state index contributed by atoms with van der Waals surface area (Å²) in [6, 6.07) is 3.74. The number of hydrogen-bond donors (Lipinski definition) is 0. The van der Waals surface area contributed by atoms with Gasteiger partial charge in [0, 0.05) is 11.9 Å². The molecule has 0 atom stereocenters. The lowest BCUT2D eigenvalue weighted by atomic mass is 10.1. The first-order valence-electron chi connectivity index (χ1n) is 4.27. The molecule has 0 aliphatic heterocycles. The summed E-state index contributed by atoms with van der Waals surface area (Å²) in [5.41, 5.74) is 1.92. The Morgan fingerprint density at radius 3 is 3.00 bits per heavy atom. The number of hydrogen-bond acceptors (Lipinski definition) is 3. The molecular weight excluding hydrogens is 166 g/mol. The first-order chi connectivity index (χ1) is 6.27. The molecule has 0 unspecified atom stereocenters. The van der Waals surface area contributed by atoms with E-state index in [-0.39, 0.29) is 5.97 Å². The van der Waals surface area contributed by atoms with Crippen molar-refractivity contribution in [2.24, 2.45) is 0 Å². The molecule has 1 aromatic rings. The Hall–Kier alpha value is -1.38. The van der Waals surface area contributed by atoms with Gasteiger partial charge in [0.1, 0.15) is 0 Å². The number of esters is 1. The van der Waals surface area contributed by atoms with Gasteiger partial charge in [0.05, 0.1) is 13.5 Å². The SMILES string of the molecule is CCc1ncccc1CC(=O)OC. The van der Waals surface area contributed by atoms with Crippen molar-refractivity contribution in [3.63, 3.8) is 0 Å². The van der Waals surface area contributed by atoms with Crippen LogP contribution >= 0.6 is 0 Å². The van der Waals surface area contributed by atoms with Crippen molar-refractivity contribution in [1.82, 2.24) is 4.98 Å². The van der Waals surface area contributed by atoms with Crippen molar-refractivity contribution in [3.05, 3.63) is 29.6 Å². The van der Waals surface area contributed by atoms with Crippen LogP contribution in [0.3, 0.4) is 0 Å². The summed E-state index contributed by atoms with van der Waals surface area (Å²) in [6.45, 7) is 2.02. The molecule has 0 aliphatic rings. The second kappa shape index (κ2) is 4.60. The summed E-state index contributed by atoms with van der Waals surface area (Å²) in [5.74, 6) is -0.220. The van der Waals surface area contributed by atoms with Gasteiger partial charge in [0.25, 0.3) is 0 Å². The highest BCUT2D eigenvalue weighted by Crippen LogP contribution is 2.07. The molecule has 0 bridgehead atoms. The molecule has 0 aromatic carbocycles. The second-order valence-corrected chi connectivity index (χ2v) is 2.72. The number of ether oxygens (including phenoxy) is 1. The van der Waals surface area contributed by atoms with Crippen molar-refractivity contribution in [2.75, 3.05) is 7.11 Å². The standard InChI is InChI=1S/C10H13NO2/c1-3-9-8(5-4-6-11-9)7-10(12)13-2/h4-6H,3,7H2,1-2H3. The lowest BCUT2D eigenvalue weighted by molar-refractivity contribution is -0.139. The topological polar surface area (TPSA) is 39.2 Å². The van der Waals surface area contributed by atoms with Gasteiger partial charge in [0.2, 0.25) is 0 Å². The third kappa shape index (κ3) is 2.54. The van der Waals surface area contributed by atoms with Crippen molar-refractivity contribution < 1.29 is 9.53 Å². The van der Waals surface area contributed by atoms with Gasteiger partial charge in [-0.3, -0.25) is 9.78 Å². The number of methoxy groups -OCH3 is 1. The Labute approximate surface area is 77.8 Å². The Kier molecular flexibility index (Phi) is 3.43. The number of carbonyl (C=O) groups excluding carboxylic acids is 1. The molecule has 70 valence electrons. The van der Waals surface area contributed by atoms with Gasteiger partial charge in [-0.1, -0.05) is 13.0 Å². The van der Waals surface area contributed by atoms with Crippen LogP contribution in [0, 0.1) is 0 Å². The number of rotatable bonds is 3. The molecule has 0 fully saturated rings. The second-order valence-electron chi connectivity index (χ2n) is 2.72. The zero-order valence-corrected chi connectivity index (χ0v) is 7.91. The zero-order valence-electron chi connectivity index (χ0n) is 7.91. The Morgan fingerprint density at radius 1 is 1.62 bits per heavy atom. The van der Waals surface area contributed by atoms with Crippen LogP contribution in [-0.4, -0.2) is 18.1 Å². The molecule has 1 heterocycles. The van der Waals surface area contributed by atoms with E-state index in [1.807, 2.05) is 19.1 Å². The lowest BCUT2D eigenvalue weighted by Crippen LogP contribution is -2.07. The molecule has 0 N–H and O–H groups in total. The normalized spacial score (nSPS) is 9.69. The maximum atomic E-state index is 11.0. The van der Waals surface area contributed by atoms with Crippen LogP contribution in [0.5, 0.6) is 0 Å². The molecule has 0 spiro atoms. The van der Waals surface area contributed by atoms with E-state index in [0.29, 0.717) is 6.42 Å². The van der Waals surface area contributed by atoms with E-state index in [9.17, 15) is 4.79 Å². The zero-order chi connectivity index (χ0) is 9.68. The molecular formula is C10H13NO2. The predicted octanol–water partition coefficient (Wildman–Crippen LogP) is 1.36. The minimum Gasteiger partial charge on any atom is -0.469 e. The highest BCUT2D eigenvalue weighted by atomic mass is 16.5. The van der Waals surface area contributed by atoms with E-state index in [4.69, 9.17) is 0 Å². The highest BCUT2D eigenvalue weighted by molar-refractivity contribution is 5.72. The maximum Gasteiger partial charge on any atom is 0.310 e. The van der Waals surface area contributed by atoms with Crippen LogP contribution < -0.4 is 0 Å². The van der Waals surface area contributed by atoms with Gasteiger partial charge in [-0.25, -0.2) is 0 Å². The molecule has 1 aromatic heterocycles. The van der Waals surface area contributed by atoms with Gasteiger partial charge in [-0.05, 0) is 18.1 Å².